The molecule has 4 amide bonds. The molecule has 0 radical (unpaired) electrons. The highest BCUT2D eigenvalue weighted by molar-refractivity contribution is 7.10. The van der Waals surface area contributed by atoms with Gasteiger partial charge in [0.15, 0.2) is 5.54 Å². The number of carbonyl (C=O) groups is 3. The van der Waals surface area contributed by atoms with Gasteiger partial charge in [0.05, 0.1) is 12.7 Å². The lowest BCUT2D eigenvalue weighted by Gasteiger charge is -2.34. The van der Waals surface area contributed by atoms with Gasteiger partial charge in [0, 0.05) is 31.1 Å². The third-order valence-electron chi connectivity index (χ3n) is 4.96. The summed E-state index contributed by atoms with van der Waals surface area (Å²) in [6.45, 7) is 9.37. The van der Waals surface area contributed by atoms with Gasteiger partial charge >= 0.3 is 6.03 Å². The molecule has 3 heterocycles. The van der Waals surface area contributed by atoms with Crippen molar-refractivity contribution in [1.29, 1.82) is 0 Å². The average molecular weight is 409 g/mol. The van der Waals surface area contributed by atoms with Gasteiger partial charge in [-0.3, -0.25) is 19.4 Å². The summed E-state index contributed by atoms with van der Waals surface area (Å²) in [6.07, 6.45) is -0.0871. The molecule has 9 heteroatoms. The summed E-state index contributed by atoms with van der Waals surface area (Å²) in [5, 5.41) is 7.35. The van der Waals surface area contributed by atoms with Crippen LogP contribution >= 0.6 is 11.3 Å². The van der Waals surface area contributed by atoms with Crippen LogP contribution < -0.4 is 10.6 Å². The fourth-order valence-electron chi connectivity index (χ4n) is 3.58. The molecule has 2 aliphatic rings. The minimum atomic E-state index is -1.12. The monoisotopic (exact) mass is 408 g/mol. The molecule has 28 heavy (non-hydrogen) atoms. The van der Waals surface area contributed by atoms with E-state index in [4.69, 9.17) is 4.74 Å². The molecular formula is C19H28N4O4S. The molecule has 2 fully saturated rings. The van der Waals surface area contributed by atoms with Gasteiger partial charge in [-0.2, -0.15) is 0 Å². The van der Waals surface area contributed by atoms with E-state index >= 15 is 0 Å². The van der Waals surface area contributed by atoms with Crippen molar-refractivity contribution in [2.24, 2.45) is 5.92 Å². The molecule has 0 aromatic carbocycles. The second-order valence-corrected chi connectivity index (χ2v) is 8.82. The van der Waals surface area contributed by atoms with E-state index in [1.165, 1.54) is 11.3 Å². The van der Waals surface area contributed by atoms with E-state index in [0.717, 1.165) is 29.4 Å². The molecule has 0 saturated carbocycles. The van der Waals surface area contributed by atoms with E-state index < -0.39 is 17.5 Å². The van der Waals surface area contributed by atoms with Crippen LogP contribution in [0.25, 0.3) is 0 Å². The Morgan fingerprint density at radius 3 is 2.93 bits per heavy atom. The maximum absolute atomic E-state index is 12.8. The summed E-state index contributed by atoms with van der Waals surface area (Å²) < 4.78 is 5.72. The third kappa shape index (κ3) is 4.53. The van der Waals surface area contributed by atoms with Crippen molar-refractivity contribution in [3.63, 3.8) is 0 Å². The number of amides is 4. The Hall–Kier alpha value is -1.97. The zero-order valence-electron chi connectivity index (χ0n) is 16.6. The number of nitrogens with one attached hydrogen (secondary N) is 2. The molecule has 1 aromatic rings. The van der Waals surface area contributed by atoms with Crippen molar-refractivity contribution in [2.45, 2.75) is 32.4 Å². The molecule has 0 unspecified atom stereocenters. The van der Waals surface area contributed by atoms with Gasteiger partial charge in [0.25, 0.3) is 5.91 Å². The minimum Gasteiger partial charge on any atom is -0.374 e. The Labute approximate surface area is 169 Å². The topological polar surface area (TPSA) is 91.0 Å². The van der Waals surface area contributed by atoms with Gasteiger partial charge in [-0.15, -0.1) is 11.3 Å². The highest BCUT2D eigenvalue weighted by Gasteiger charge is 2.50. The van der Waals surface area contributed by atoms with Gasteiger partial charge in [-0.1, -0.05) is 19.9 Å². The molecule has 2 saturated heterocycles. The molecule has 0 spiro atoms. The lowest BCUT2D eigenvalue weighted by molar-refractivity contribution is -0.135. The van der Waals surface area contributed by atoms with Gasteiger partial charge in [-0.05, 0) is 24.3 Å². The third-order valence-corrected chi connectivity index (χ3v) is 6.06. The predicted octanol–water partition coefficient (Wildman–Crippen LogP) is 0.988. The molecule has 2 atom stereocenters. The Bertz CT molecular complexity index is 724. The molecule has 0 aliphatic carbocycles. The van der Waals surface area contributed by atoms with Gasteiger partial charge in [0.2, 0.25) is 5.91 Å². The quantitative estimate of drug-likeness (QED) is 0.657. The van der Waals surface area contributed by atoms with Crippen LogP contribution in [-0.2, 0) is 19.9 Å². The number of hydrogen-bond donors (Lipinski definition) is 2. The standard InChI is InChI=1S/C19H28N4O4S/c1-13(2)10-22-6-7-27-14(11-22)9-20-16(24)12-23-17(25)19(3,21-18(23)26)15-5-4-8-28-15/h4-5,8,13-14H,6-7,9-12H2,1-3H3,(H,20,24)(H,21,26)/t14-,19+/m1/s1. The smallest absolute Gasteiger partial charge is 0.325 e. The lowest BCUT2D eigenvalue weighted by Crippen LogP contribution is -2.50. The van der Waals surface area contributed by atoms with Crippen LogP contribution in [0.3, 0.4) is 0 Å². The average Bonchev–Trinajstić information content (AvgIpc) is 3.24. The zero-order valence-corrected chi connectivity index (χ0v) is 17.4. The summed E-state index contributed by atoms with van der Waals surface area (Å²) in [5.41, 5.74) is -1.12. The van der Waals surface area contributed by atoms with Crippen LogP contribution in [0.2, 0.25) is 0 Å². The maximum atomic E-state index is 12.8. The first-order valence-corrected chi connectivity index (χ1v) is 10.5. The Balaban J connectivity index is 1.51. The van der Waals surface area contributed by atoms with E-state index in [1.54, 1.807) is 13.0 Å². The van der Waals surface area contributed by atoms with Crippen LogP contribution in [0.15, 0.2) is 17.5 Å². The first kappa shape index (κ1) is 20.8. The van der Waals surface area contributed by atoms with Crippen molar-refractivity contribution in [3.8, 4) is 0 Å². The van der Waals surface area contributed by atoms with Crippen LogP contribution in [0, 0.1) is 5.92 Å². The number of urea groups is 1. The SMILES string of the molecule is CC(C)CN1CCO[C@H](CNC(=O)CN2C(=O)N[C@@](C)(c3cccs3)C2=O)C1. The van der Waals surface area contributed by atoms with Crippen LogP contribution in [-0.4, -0.2) is 73.1 Å². The second kappa shape index (κ2) is 8.59. The summed E-state index contributed by atoms with van der Waals surface area (Å²) >= 11 is 1.40. The summed E-state index contributed by atoms with van der Waals surface area (Å²) in [4.78, 5) is 41.4. The number of hydrogen-bond acceptors (Lipinski definition) is 6. The number of thiophene rings is 1. The Morgan fingerprint density at radius 1 is 1.46 bits per heavy atom. The molecule has 8 nitrogen and oxygen atoms in total. The van der Waals surface area contributed by atoms with E-state index in [-0.39, 0.29) is 18.6 Å². The van der Waals surface area contributed by atoms with E-state index in [9.17, 15) is 14.4 Å². The lowest BCUT2D eigenvalue weighted by atomic mass is 10.0. The highest BCUT2D eigenvalue weighted by Crippen LogP contribution is 2.31. The summed E-state index contributed by atoms with van der Waals surface area (Å²) in [6, 6.07) is 3.08. The molecule has 154 valence electrons. The van der Waals surface area contributed by atoms with Gasteiger partial charge < -0.3 is 15.4 Å². The molecule has 0 bridgehead atoms. The molecule has 2 N–H and O–H groups in total. The van der Waals surface area contributed by atoms with Crippen molar-refractivity contribution < 1.29 is 19.1 Å². The van der Waals surface area contributed by atoms with Crippen LogP contribution in [0.5, 0.6) is 0 Å². The number of rotatable bonds is 7. The van der Waals surface area contributed by atoms with Crippen molar-refractivity contribution >= 4 is 29.2 Å². The van der Waals surface area contributed by atoms with Crippen molar-refractivity contribution in [3.05, 3.63) is 22.4 Å². The predicted molar refractivity (Wildman–Crippen MR) is 106 cm³/mol. The molecule has 3 rings (SSSR count). The zero-order chi connectivity index (χ0) is 20.3. The summed E-state index contributed by atoms with van der Waals surface area (Å²) in [7, 11) is 0. The largest absolute Gasteiger partial charge is 0.374 e. The first-order valence-electron chi connectivity index (χ1n) is 9.58. The van der Waals surface area contributed by atoms with Crippen LogP contribution in [0.1, 0.15) is 25.6 Å². The number of ether oxygens (including phenoxy) is 1. The first-order chi connectivity index (χ1) is 13.3. The summed E-state index contributed by atoms with van der Waals surface area (Å²) in [5.74, 6) is -0.207. The van der Waals surface area contributed by atoms with Crippen molar-refractivity contribution in [2.75, 3.05) is 39.3 Å². The number of carbonyl (C=O) groups excluding carboxylic acids is 3. The number of imide groups is 1. The molecule has 1 aromatic heterocycles. The van der Waals surface area contributed by atoms with Crippen molar-refractivity contribution in [1.82, 2.24) is 20.4 Å². The fraction of sp³-hybridized carbons (Fsp3) is 0.632. The minimum absolute atomic E-state index is 0.0871. The van der Waals surface area contributed by atoms with Gasteiger partial charge in [0.1, 0.15) is 6.54 Å². The number of nitrogens with zero attached hydrogens (tertiary/aromatic N) is 2. The Kier molecular flexibility index (Phi) is 6.36. The maximum Gasteiger partial charge on any atom is 0.325 e. The molecule has 2 aliphatic heterocycles. The van der Waals surface area contributed by atoms with E-state index in [0.29, 0.717) is 19.1 Å². The van der Waals surface area contributed by atoms with E-state index in [1.807, 2.05) is 11.4 Å². The number of morpholine rings is 1. The van der Waals surface area contributed by atoms with Gasteiger partial charge in [-0.25, -0.2) is 4.79 Å². The van der Waals surface area contributed by atoms with Crippen LogP contribution in [0.4, 0.5) is 4.79 Å². The second-order valence-electron chi connectivity index (χ2n) is 7.87. The fourth-order valence-corrected chi connectivity index (χ4v) is 4.42. The Morgan fingerprint density at radius 2 is 2.25 bits per heavy atom. The van der Waals surface area contributed by atoms with E-state index in [2.05, 4.69) is 29.4 Å². The molecular weight excluding hydrogens is 380 g/mol. The highest BCUT2D eigenvalue weighted by atomic mass is 32.1. The normalized spacial score (nSPS) is 26.0.